The number of hydrogen-bond donors (Lipinski definition) is 0. The molecule has 0 N–H and O–H groups in total. The van der Waals surface area contributed by atoms with Crippen molar-refractivity contribution in [1.82, 2.24) is 4.57 Å². The lowest BCUT2D eigenvalue weighted by Crippen LogP contribution is -2.33. The van der Waals surface area contributed by atoms with Gasteiger partial charge in [-0.15, -0.1) is 11.3 Å². The van der Waals surface area contributed by atoms with Crippen LogP contribution in [0.4, 0.5) is 0 Å². The molecular formula is C19H26N2O2S. The molecule has 6 rings (SSSR count). The van der Waals surface area contributed by atoms with Gasteiger partial charge in [0.1, 0.15) is 0 Å². The van der Waals surface area contributed by atoms with Crippen LogP contribution >= 0.6 is 11.3 Å². The van der Waals surface area contributed by atoms with Crippen LogP contribution in [0.2, 0.25) is 0 Å². The molecule has 5 aliphatic rings. The number of thiazole rings is 1. The van der Waals surface area contributed by atoms with E-state index in [1.807, 2.05) is 0 Å². The summed E-state index contributed by atoms with van der Waals surface area (Å²) in [6, 6.07) is 0. The fourth-order valence-electron chi connectivity index (χ4n) is 5.74. The Morgan fingerprint density at radius 1 is 1.33 bits per heavy atom. The number of methoxy groups -OCH3 is 1. The molecule has 2 unspecified atom stereocenters. The van der Waals surface area contributed by atoms with Crippen molar-refractivity contribution in [3.05, 3.63) is 15.9 Å². The van der Waals surface area contributed by atoms with Gasteiger partial charge < -0.3 is 9.30 Å². The number of hydrogen-bond acceptors (Lipinski definition) is 3. The third-order valence-corrected chi connectivity index (χ3v) is 8.05. The smallest absolute Gasteiger partial charge is 0.254 e. The molecule has 2 atom stereocenters. The Labute approximate surface area is 146 Å². The highest BCUT2D eigenvalue weighted by Gasteiger charge is 2.61. The maximum Gasteiger partial charge on any atom is 0.254 e. The molecule has 0 aliphatic heterocycles. The summed E-state index contributed by atoms with van der Waals surface area (Å²) >= 11 is 1.73. The molecule has 24 heavy (non-hydrogen) atoms. The van der Waals surface area contributed by atoms with Gasteiger partial charge in [-0.3, -0.25) is 4.79 Å². The fraction of sp³-hybridized carbons (Fsp3) is 0.789. The van der Waals surface area contributed by atoms with Crippen LogP contribution in [-0.2, 0) is 16.1 Å². The van der Waals surface area contributed by atoms with Gasteiger partial charge in [0.15, 0.2) is 4.80 Å². The quantitative estimate of drug-likeness (QED) is 0.821. The number of carbonyl (C=O) groups excluding carboxylic acids is 1. The normalized spacial score (nSPS) is 37.5. The highest BCUT2D eigenvalue weighted by atomic mass is 32.1. The van der Waals surface area contributed by atoms with E-state index in [2.05, 4.69) is 10.8 Å². The first-order valence-electron chi connectivity index (χ1n) is 9.46. The molecule has 0 spiro atoms. The molecular weight excluding hydrogens is 320 g/mol. The lowest BCUT2D eigenvalue weighted by molar-refractivity contribution is -0.129. The molecule has 1 aromatic heterocycles. The van der Waals surface area contributed by atoms with Crippen molar-refractivity contribution in [2.45, 2.75) is 57.4 Å². The summed E-state index contributed by atoms with van der Waals surface area (Å²) < 4.78 is 7.38. The Kier molecular flexibility index (Phi) is 3.53. The zero-order valence-corrected chi connectivity index (χ0v) is 15.2. The van der Waals surface area contributed by atoms with Crippen molar-refractivity contribution in [2.75, 3.05) is 13.7 Å². The number of rotatable bonds is 5. The van der Waals surface area contributed by atoms with Crippen LogP contribution in [0.3, 0.4) is 0 Å². The van der Waals surface area contributed by atoms with Crippen LogP contribution in [0.1, 0.15) is 55.7 Å². The van der Waals surface area contributed by atoms with Crippen LogP contribution in [-0.4, -0.2) is 24.2 Å². The molecule has 0 radical (unpaired) electrons. The largest absolute Gasteiger partial charge is 0.383 e. The summed E-state index contributed by atoms with van der Waals surface area (Å²) in [6.45, 7) is 1.45. The second-order valence-electron chi connectivity index (χ2n) is 8.49. The van der Waals surface area contributed by atoms with Crippen molar-refractivity contribution >= 4 is 17.2 Å². The number of ether oxygens (including phenoxy) is 1. The van der Waals surface area contributed by atoms with Crippen LogP contribution in [0.15, 0.2) is 11.2 Å². The standard InChI is InChI=1S/C19H26N2O2S/c1-23-5-4-21-11-16(14-2-3-14)24-18(21)20-17(22)19-9-12-6-13(10-19)8-15(19)7-12/h11-15H,2-10H2,1H3. The molecule has 130 valence electrons. The van der Waals surface area contributed by atoms with Crippen molar-refractivity contribution in [2.24, 2.45) is 28.2 Å². The minimum atomic E-state index is -0.101. The van der Waals surface area contributed by atoms with E-state index in [4.69, 9.17) is 9.73 Å². The first-order valence-corrected chi connectivity index (χ1v) is 10.3. The van der Waals surface area contributed by atoms with Gasteiger partial charge in [-0.25, -0.2) is 0 Å². The van der Waals surface area contributed by atoms with Crippen molar-refractivity contribution in [3.63, 3.8) is 0 Å². The summed E-state index contributed by atoms with van der Waals surface area (Å²) in [5.74, 6) is 3.11. The maximum atomic E-state index is 13.2. The molecule has 0 aromatic carbocycles. The minimum absolute atomic E-state index is 0.101. The SMILES string of the molecule is COCCn1cc(C2CC2)sc1=NC(=O)C12CC3CC(CC1C3)C2. The highest BCUT2D eigenvalue weighted by molar-refractivity contribution is 7.09. The van der Waals surface area contributed by atoms with Crippen molar-refractivity contribution in [3.8, 4) is 0 Å². The summed E-state index contributed by atoms with van der Waals surface area (Å²) in [4.78, 5) is 20.2. The lowest BCUT2D eigenvalue weighted by Gasteiger charge is -2.29. The molecule has 5 fully saturated rings. The summed E-state index contributed by atoms with van der Waals surface area (Å²) in [7, 11) is 1.73. The average molecular weight is 346 g/mol. The third kappa shape index (κ3) is 2.35. The third-order valence-electron chi connectivity index (χ3n) is 6.87. The zero-order valence-electron chi connectivity index (χ0n) is 14.4. The molecule has 4 nitrogen and oxygen atoms in total. The van der Waals surface area contributed by atoms with E-state index in [-0.39, 0.29) is 11.3 Å². The first-order chi connectivity index (χ1) is 11.7. The Hall–Kier alpha value is -0.940. The van der Waals surface area contributed by atoms with E-state index >= 15 is 0 Å². The van der Waals surface area contributed by atoms with E-state index in [0.717, 1.165) is 36.0 Å². The Bertz CT molecular complexity index is 716. The van der Waals surface area contributed by atoms with Gasteiger partial charge >= 0.3 is 0 Å². The van der Waals surface area contributed by atoms with E-state index < -0.39 is 0 Å². The second kappa shape index (κ2) is 5.53. The molecule has 1 amide bonds. The monoisotopic (exact) mass is 346 g/mol. The van der Waals surface area contributed by atoms with Crippen LogP contribution in [0.25, 0.3) is 0 Å². The lowest BCUT2D eigenvalue weighted by atomic mass is 9.75. The molecule has 1 heterocycles. The Morgan fingerprint density at radius 3 is 2.75 bits per heavy atom. The fourth-order valence-corrected chi connectivity index (χ4v) is 6.92. The predicted molar refractivity (Wildman–Crippen MR) is 92.7 cm³/mol. The number of amides is 1. The number of nitrogens with zero attached hydrogens (tertiary/aromatic N) is 2. The highest BCUT2D eigenvalue weighted by Crippen LogP contribution is 2.65. The van der Waals surface area contributed by atoms with Gasteiger partial charge in [0.05, 0.1) is 12.0 Å². The van der Waals surface area contributed by atoms with E-state index in [1.54, 1.807) is 18.4 Å². The number of aromatic nitrogens is 1. The van der Waals surface area contributed by atoms with Gasteiger partial charge in [0, 0.05) is 24.7 Å². The van der Waals surface area contributed by atoms with Gasteiger partial charge in [0.2, 0.25) is 0 Å². The van der Waals surface area contributed by atoms with Gasteiger partial charge in [-0.2, -0.15) is 4.99 Å². The summed E-state index contributed by atoms with van der Waals surface area (Å²) in [5.41, 5.74) is -0.101. The summed E-state index contributed by atoms with van der Waals surface area (Å²) in [6.07, 6.45) is 10.9. The van der Waals surface area contributed by atoms with Gasteiger partial charge in [-0.1, -0.05) is 0 Å². The molecule has 5 aliphatic carbocycles. The average Bonchev–Trinajstić information content (AvgIpc) is 3.23. The van der Waals surface area contributed by atoms with Gasteiger partial charge in [-0.05, 0) is 68.6 Å². The summed E-state index contributed by atoms with van der Waals surface area (Å²) in [5, 5.41) is 0. The van der Waals surface area contributed by atoms with E-state index in [9.17, 15) is 4.79 Å². The molecule has 5 saturated carbocycles. The molecule has 5 heteroatoms. The van der Waals surface area contributed by atoms with Crippen LogP contribution in [0.5, 0.6) is 0 Å². The molecule has 0 saturated heterocycles. The van der Waals surface area contributed by atoms with Crippen molar-refractivity contribution in [1.29, 1.82) is 0 Å². The van der Waals surface area contributed by atoms with Crippen LogP contribution in [0, 0.1) is 23.2 Å². The molecule has 1 aromatic rings. The number of carbonyl (C=O) groups is 1. The second-order valence-corrected chi connectivity index (χ2v) is 9.53. The molecule has 4 bridgehead atoms. The topological polar surface area (TPSA) is 43.6 Å². The minimum Gasteiger partial charge on any atom is -0.383 e. The maximum absolute atomic E-state index is 13.2. The van der Waals surface area contributed by atoms with E-state index in [0.29, 0.717) is 18.4 Å². The first kappa shape index (κ1) is 15.3. The van der Waals surface area contributed by atoms with E-state index in [1.165, 1.54) is 37.0 Å². The Balaban J connectivity index is 1.48. The predicted octanol–water partition coefficient (Wildman–Crippen LogP) is 3.33. The zero-order chi connectivity index (χ0) is 16.3. The van der Waals surface area contributed by atoms with Crippen molar-refractivity contribution < 1.29 is 9.53 Å². The van der Waals surface area contributed by atoms with Gasteiger partial charge in [0.25, 0.3) is 5.91 Å². The Morgan fingerprint density at radius 2 is 2.08 bits per heavy atom. The van der Waals surface area contributed by atoms with Crippen LogP contribution < -0.4 is 4.80 Å².